The van der Waals surface area contributed by atoms with Crippen molar-refractivity contribution in [1.82, 2.24) is 14.5 Å². The number of thiazole rings is 1. The predicted molar refractivity (Wildman–Crippen MR) is 101 cm³/mol. The summed E-state index contributed by atoms with van der Waals surface area (Å²) in [7, 11) is 0. The average molecular weight is 364 g/mol. The van der Waals surface area contributed by atoms with Crippen LogP contribution < -0.4 is 5.32 Å². The van der Waals surface area contributed by atoms with E-state index in [0.29, 0.717) is 22.1 Å². The van der Waals surface area contributed by atoms with Crippen molar-refractivity contribution in [3.05, 3.63) is 71.5 Å². The van der Waals surface area contributed by atoms with E-state index in [0.717, 1.165) is 17.1 Å². The van der Waals surface area contributed by atoms with Gasteiger partial charge in [-0.1, -0.05) is 0 Å². The van der Waals surface area contributed by atoms with Gasteiger partial charge in [0.05, 0.1) is 18.3 Å². The van der Waals surface area contributed by atoms with Crippen LogP contribution >= 0.6 is 11.3 Å². The molecule has 0 unspecified atom stereocenters. The van der Waals surface area contributed by atoms with Gasteiger partial charge in [-0.05, 0) is 50.2 Å². The Labute approximate surface area is 154 Å². The molecule has 1 amide bonds. The number of anilines is 1. The summed E-state index contributed by atoms with van der Waals surface area (Å²) in [6.07, 6.45) is 3.38. The predicted octanol–water partition coefficient (Wildman–Crippen LogP) is 4.46. The highest BCUT2D eigenvalue weighted by Crippen LogP contribution is 2.24. The fourth-order valence-corrected chi connectivity index (χ4v) is 3.32. The van der Waals surface area contributed by atoms with Gasteiger partial charge < -0.3 is 14.3 Å². The molecule has 0 saturated heterocycles. The highest BCUT2D eigenvalue weighted by atomic mass is 32.1. The van der Waals surface area contributed by atoms with Crippen molar-refractivity contribution in [2.45, 2.75) is 13.8 Å². The summed E-state index contributed by atoms with van der Waals surface area (Å²) in [6.45, 7) is 4.00. The van der Waals surface area contributed by atoms with Gasteiger partial charge in [0.2, 0.25) is 0 Å². The fraction of sp³-hybridized carbons (Fsp3) is 0.105. The zero-order chi connectivity index (χ0) is 18.1. The molecule has 4 aromatic rings. The smallest absolute Gasteiger partial charge is 0.275 e. The minimum atomic E-state index is -0.249. The van der Waals surface area contributed by atoms with Gasteiger partial charge in [0.1, 0.15) is 5.69 Å². The Morgan fingerprint density at radius 2 is 2.00 bits per heavy atom. The number of carbonyl (C=O) groups is 1. The number of carbonyl (C=O) groups excluding carboxylic acids is 1. The molecule has 0 bridgehead atoms. The quantitative estimate of drug-likeness (QED) is 0.580. The summed E-state index contributed by atoms with van der Waals surface area (Å²) < 4.78 is 7.32. The van der Waals surface area contributed by atoms with E-state index >= 15 is 0 Å². The number of aromatic nitrogens is 3. The number of imidazole rings is 1. The molecule has 1 aromatic carbocycles. The Hall–Kier alpha value is -3.19. The molecule has 0 spiro atoms. The van der Waals surface area contributed by atoms with Crippen LogP contribution in [0.25, 0.3) is 16.5 Å². The molecule has 4 rings (SSSR count). The molecule has 1 N–H and O–H groups in total. The SMILES string of the molecule is Cc1ncn(-c2ccc(NC(=O)c3csc(-c4ccco4)n3)cc2)c1C. The Kier molecular flexibility index (Phi) is 4.14. The van der Waals surface area contributed by atoms with Crippen LogP contribution in [0.2, 0.25) is 0 Å². The van der Waals surface area contributed by atoms with E-state index in [-0.39, 0.29) is 5.91 Å². The molecule has 0 fully saturated rings. The topological polar surface area (TPSA) is 73.0 Å². The molecule has 3 heterocycles. The Bertz CT molecular complexity index is 1050. The Balaban J connectivity index is 1.49. The highest BCUT2D eigenvalue weighted by molar-refractivity contribution is 7.13. The first-order chi connectivity index (χ1) is 12.6. The molecule has 6 nitrogen and oxygen atoms in total. The van der Waals surface area contributed by atoms with Crippen LogP contribution in [0.5, 0.6) is 0 Å². The fourth-order valence-electron chi connectivity index (χ4n) is 2.55. The molecule has 0 atom stereocenters. The third kappa shape index (κ3) is 3.04. The van der Waals surface area contributed by atoms with Crippen molar-refractivity contribution in [3.63, 3.8) is 0 Å². The monoisotopic (exact) mass is 364 g/mol. The van der Waals surface area contributed by atoms with Crippen LogP contribution in [0.1, 0.15) is 21.9 Å². The Morgan fingerprint density at radius 1 is 1.19 bits per heavy atom. The van der Waals surface area contributed by atoms with Gasteiger partial charge in [-0.3, -0.25) is 4.79 Å². The zero-order valence-corrected chi connectivity index (χ0v) is 15.1. The number of rotatable bonds is 4. The van der Waals surface area contributed by atoms with Crippen LogP contribution in [0.3, 0.4) is 0 Å². The van der Waals surface area contributed by atoms with E-state index in [4.69, 9.17) is 4.42 Å². The third-order valence-corrected chi connectivity index (χ3v) is 4.98. The van der Waals surface area contributed by atoms with E-state index < -0.39 is 0 Å². The third-order valence-electron chi connectivity index (χ3n) is 4.12. The van der Waals surface area contributed by atoms with E-state index in [2.05, 4.69) is 15.3 Å². The lowest BCUT2D eigenvalue weighted by Crippen LogP contribution is -2.12. The lowest BCUT2D eigenvalue weighted by atomic mass is 10.2. The normalized spacial score (nSPS) is 10.8. The minimum absolute atomic E-state index is 0.249. The maximum Gasteiger partial charge on any atom is 0.275 e. The van der Waals surface area contributed by atoms with Crippen molar-refractivity contribution in [2.75, 3.05) is 5.32 Å². The van der Waals surface area contributed by atoms with Crippen molar-refractivity contribution in [3.8, 4) is 16.5 Å². The summed E-state index contributed by atoms with van der Waals surface area (Å²) in [6, 6.07) is 11.2. The molecule has 7 heteroatoms. The first-order valence-electron chi connectivity index (χ1n) is 8.03. The summed E-state index contributed by atoms with van der Waals surface area (Å²) in [5, 5.41) is 5.27. The number of amides is 1. The lowest BCUT2D eigenvalue weighted by Gasteiger charge is -2.08. The summed E-state index contributed by atoms with van der Waals surface area (Å²) >= 11 is 1.37. The van der Waals surface area contributed by atoms with Gasteiger partial charge in [0.25, 0.3) is 5.91 Å². The van der Waals surface area contributed by atoms with Crippen LogP contribution in [-0.4, -0.2) is 20.4 Å². The Morgan fingerprint density at radius 3 is 2.65 bits per heavy atom. The second kappa shape index (κ2) is 6.61. The van der Waals surface area contributed by atoms with Gasteiger partial charge in [-0.25, -0.2) is 9.97 Å². The number of nitrogens with zero attached hydrogens (tertiary/aromatic N) is 3. The van der Waals surface area contributed by atoms with E-state index in [1.54, 1.807) is 24.0 Å². The molecule has 0 saturated carbocycles. The number of furan rings is 1. The van der Waals surface area contributed by atoms with E-state index in [1.165, 1.54) is 11.3 Å². The molecule has 0 aliphatic rings. The van der Waals surface area contributed by atoms with E-state index in [9.17, 15) is 4.79 Å². The molecular formula is C19H16N4O2S. The second-order valence-corrected chi connectivity index (χ2v) is 6.66. The van der Waals surface area contributed by atoms with Crippen molar-refractivity contribution < 1.29 is 9.21 Å². The van der Waals surface area contributed by atoms with Crippen LogP contribution in [-0.2, 0) is 0 Å². The average Bonchev–Trinajstić information content (AvgIpc) is 3.38. The minimum Gasteiger partial charge on any atom is -0.462 e. The van der Waals surface area contributed by atoms with Crippen molar-refractivity contribution >= 4 is 22.9 Å². The number of hydrogen-bond acceptors (Lipinski definition) is 5. The molecule has 0 aliphatic carbocycles. The summed E-state index contributed by atoms with van der Waals surface area (Å²) in [5.74, 6) is 0.408. The molecule has 0 aliphatic heterocycles. The van der Waals surface area contributed by atoms with Gasteiger partial charge in [-0.15, -0.1) is 11.3 Å². The number of benzene rings is 1. The number of hydrogen-bond donors (Lipinski definition) is 1. The van der Waals surface area contributed by atoms with Crippen LogP contribution in [0.4, 0.5) is 5.69 Å². The van der Waals surface area contributed by atoms with Gasteiger partial charge >= 0.3 is 0 Å². The molecular weight excluding hydrogens is 348 g/mol. The molecule has 0 radical (unpaired) electrons. The molecule has 3 aromatic heterocycles. The van der Waals surface area contributed by atoms with Crippen molar-refractivity contribution in [2.24, 2.45) is 0 Å². The number of aryl methyl sites for hydroxylation is 1. The summed E-state index contributed by atoms with van der Waals surface area (Å²) in [4.78, 5) is 21.0. The standard InChI is InChI=1S/C19H16N4O2S/c1-12-13(2)23(11-20-12)15-7-5-14(6-8-15)21-18(24)16-10-26-19(22-16)17-4-3-9-25-17/h3-11H,1-2H3,(H,21,24). The van der Waals surface area contributed by atoms with E-state index in [1.807, 2.05) is 48.7 Å². The second-order valence-electron chi connectivity index (χ2n) is 5.80. The highest BCUT2D eigenvalue weighted by Gasteiger charge is 2.13. The van der Waals surface area contributed by atoms with Crippen molar-refractivity contribution in [1.29, 1.82) is 0 Å². The maximum absolute atomic E-state index is 12.4. The van der Waals surface area contributed by atoms with Gasteiger partial charge in [0.15, 0.2) is 10.8 Å². The van der Waals surface area contributed by atoms with Crippen LogP contribution in [0.15, 0.2) is 58.8 Å². The van der Waals surface area contributed by atoms with Gasteiger partial charge in [-0.2, -0.15) is 0 Å². The molecule has 130 valence electrons. The maximum atomic E-state index is 12.4. The summed E-state index contributed by atoms with van der Waals surface area (Å²) in [5.41, 5.74) is 4.16. The lowest BCUT2D eigenvalue weighted by molar-refractivity contribution is 0.102. The first-order valence-corrected chi connectivity index (χ1v) is 8.91. The largest absolute Gasteiger partial charge is 0.462 e. The number of nitrogens with one attached hydrogen (secondary N) is 1. The van der Waals surface area contributed by atoms with Crippen LogP contribution in [0, 0.1) is 13.8 Å². The first kappa shape index (κ1) is 16.3. The zero-order valence-electron chi connectivity index (χ0n) is 14.3. The van der Waals surface area contributed by atoms with Gasteiger partial charge in [0, 0.05) is 22.4 Å². The molecule has 26 heavy (non-hydrogen) atoms.